The molecule has 1 atom stereocenters. The van der Waals surface area contributed by atoms with Gasteiger partial charge in [0.15, 0.2) is 0 Å². The van der Waals surface area contributed by atoms with Gasteiger partial charge in [-0.05, 0) is 55.7 Å². The van der Waals surface area contributed by atoms with E-state index in [9.17, 15) is 18.3 Å². The number of benzene rings is 2. The summed E-state index contributed by atoms with van der Waals surface area (Å²) in [6.45, 7) is 2.76. The van der Waals surface area contributed by atoms with Gasteiger partial charge in [0.1, 0.15) is 12.4 Å². The smallest absolute Gasteiger partial charge is 0.420 e. The highest BCUT2D eigenvalue weighted by atomic mass is 19.4. The second-order valence-corrected chi connectivity index (χ2v) is 7.92. The zero-order chi connectivity index (χ0) is 22.9. The molecule has 1 aromatic heterocycles. The summed E-state index contributed by atoms with van der Waals surface area (Å²) in [6.07, 6.45) is -2.69. The minimum atomic E-state index is -4.63. The van der Waals surface area contributed by atoms with Gasteiger partial charge < -0.3 is 14.7 Å². The summed E-state index contributed by atoms with van der Waals surface area (Å²) in [5.74, 6) is -0.322. The fraction of sp³-hybridized carbons (Fsp3) is 0.333. The van der Waals surface area contributed by atoms with E-state index < -0.39 is 11.7 Å². The summed E-state index contributed by atoms with van der Waals surface area (Å²) in [7, 11) is 0. The number of halogens is 3. The molecule has 4 rings (SSSR count). The second kappa shape index (κ2) is 8.67. The number of aliphatic hydroxyl groups is 1. The Morgan fingerprint density at radius 2 is 2.03 bits per heavy atom. The van der Waals surface area contributed by atoms with Crippen LogP contribution in [-0.2, 0) is 12.8 Å². The number of aliphatic hydroxyl groups excluding tert-OH is 1. The zero-order valence-corrected chi connectivity index (χ0v) is 17.5. The number of rotatable bonds is 5. The molecule has 2 aromatic carbocycles. The molecule has 1 aliphatic heterocycles. The van der Waals surface area contributed by atoms with E-state index in [1.807, 2.05) is 31.2 Å². The average Bonchev–Trinajstić information content (AvgIpc) is 3.24. The van der Waals surface area contributed by atoms with Gasteiger partial charge in [-0.25, -0.2) is 0 Å². The van der Waals surface area contributed by atoms with Gasteiger partial charge in [0.2, 0.25) is 0 Å². The number of fused-ring (bicyclic) bond motifs is 1. The SMILES string of the molecule is Cc1cc(N2CCC[C@H]2CO)c2ccc(COc3ccc(C#N)cc3C(F)(F)F)cc2n1. The Bertz CT molecular complexity index is 1190. The van der Waals surface area contributed by atoms with Crippen LogP contribution in [0, 0.1) is 18.3 Å². The largest absolute Gasteiger partial charge is 0.488 e. The van der Waals surface area contributed by atoms with Crippen LogP contribution >= 0.6 is 0 Å². The molecule has 32 heavy (non-hydrogen) atoms. The van der Waals surface area contributed by atoms with E-state index in [1.165, 1.54) is 12.1 Å². The van der Waals surface area contributed by atoms with E-state index in [0.29, 0.717) is 5.56 Å². The highest BCUT2D eigenvalue weighted by molar-refractivity contribution is 5.92. The maximum atomic E-state index is 13.4. The van der Waals surface area contributed by atoms with Gasteiger partial charge in [0.25, 0.3) is 0 Å². The van der Waals surface area contributed by atoms with Gasteiger partial charge in [-0.2, -0.15) is 18.4 Å². The van der Waals surface area contributed by atoms with E-state index in [4.69, 9.17) is 10.00 Å². The molecule has 1 fully saturated rings. The highest BCUT2D eigenvalue weighted by Gasteiger charge is 2.35. The minimum Gasteiger partial charge on any atom is -0.488 e. The van der Waals surface area contributed by atoms with E-state index >= 15 is 0 Å². The zero-order valence-electron chi connectivity index (χ0n) is 17.5. The lowest BCUT2D eigenvalue weighted by Crippen LogP contribution is -2.32. The molecule has 0 unspecified atom stereocenters. The lowest BCUT2D eigenvalue weighted by Gasteiger charge is -2.27. The first-order chi connectivity index (χ1) is 15.3. The van der Waals surface area contributed by atoms with Gasteiger partial charge in [-0.1, -0.05) is 12.1 Å². The number of pyridine rings is 1. The number of alkyl halides is 3. The normalized spacial score (nSPS) is 16.4. The van der Waals surface area contributed by atoms with E-state index in [-0.39, 0.29) is 30.6 Å². The monoisotopic (exact) mass is 441 g/mol. The number of ether oxygens (including phenoxy) is 1. The van der Waals surface area contributed by atoms with Crippen molar-refractivity contribution in [2.75, 3.05) is 18.1 Å². The van der Waals surface area contributed by atoms with Gasteiger partial charge >= 0.3 is 6.18 Å². The molecule has 166 valence electrons. The van der Waals surface area contributed by atoms with E-state index in [0.717, 1.165) is 47.7 Å². The Labute approximate surface area is 183 Å². The average molecular weight is 441 g/mol. The van der Waals surface area contributed by atoms with Crippen LogP contribution in [-0.4, -0.2) is 29.3 Å². The van der Waals surface area contributed by atoms with Crippen molar-refractivity contribution in [1.29, 1.82) is 5.26 Å². The van der Waals surface area contributed by atoms with Crippen LogP contribution in [0.15, 0.2) is 42.5 Å². The van der Waals surface area contributed by atoms with Crippen molar-refractivity contribution in [2.45, 2.75) is 38.6 Å². The van der Waals surface area contributed by atoms with Crippen LogP contribution in [0.4, 0.5) is 18.9 Å². The molecule has 2 heterocycles. The first-order valence-corrected chi connectivity index (χ1v) is 10.3. The Balaban J connectivity index is 1.63. The maximum Gasteiger partial charge on any atom is 0.420 e. The van der Waals surface area contributed by atoms with Gasteiger partial charge in [-0.15, -0.1) is 0 Å². The Kier molecular flexibility index (Phi) is 5.94. The first kappa shape index (κ1) is 21.9. The third-order valence-electron chi connectivity index (χ3n) is 5.69. The van der Waals surface area contributed by atoms with Crippen molar-refractivity contribution in [3.8, 4) is 11.8 Å². The molecule has 0 amide bonds. The maximum absolute atomic E-state index is 13.4. The third kappa shape index (κ3) is 4.34. The molecule has 8 heteroatoms. The molecule has 0 saturated carbocycles. The van der Waals surface area contributed by atoms with Crippen molar-refractivity contribution in [1.82, 2.24) is 4.98 Å². The fourth-order valence-corrected chi connectivity index (χ4v) is 4.16. The van der Waals surface area contributed by atoms with Crippen molar-refractivity contribution >= 4 is 16.6 Å². The van der Waals surface area contributed by atoms with Crippen molar-refractivity contribution in [3.63, 3.8) is 0 Å². The Hall–Kier alpha value is -3.31. The summed E-state index contributed by atoms with van der Waals surface area (Å²) < 4.78 is 45.6. The molecular weight excluding hydrogens is 419 g/mol. The Morgan fingerprint density at radius 1 is 1.22 bits per heavy atom. The topological polar surface area (TPSA) is 69.4 Å². The molecule has 5 nitrogen and oxygen atoms in total. The van der Waals surface area contributed by atoms with Crippen LogP contribution in [0.1, 0.15) is 35.2 Å². The molecule has 0 aliphatic carbocycles. The first-order valence-electron chi connectivity index (χ1n) is 10.3. The minimum absolute atomic E-state index is 0.0696. The molecule has 1 saturated heterocycles. The second-order valence-electron chi connectivity index (χ2n) is 7.92. The number of hydrogen-bond donors (Lipinski definition) is 1. The summed E-state index contributed by atoms with van der Waals surface area (Å²) in [5, 5.41) is 19.5. The molecule has 1 N–H and O–H groups in total. The molecule has 0 spiro atoms. The van der Waals surface area contributed by atoms with Crippen LogP contribution in [0.3, 0.4) is 0 Å². The van der Waals surface area contributed by atoms with Crippen LogP contribution < -0.4 is 9.64 Å². The number of nitriles is 1. The van der Waals surface area contributed by atoms with Crippen LogP contribution in [0.5, 0.6) is 5.75 Å². The molecule has 0 bridgehead atoms. The van der Waals surface area contributed by atoms with Crippen molar-refractivity contribution in [2.24, 2.45) is 0 Å². The van der Waals surface area contributed by atoms with Crippen molar-refractivity contribution in [3.05, 3.63) is 64.8 Å². The van der Waals surface area contributed by atoms with Gasteiger partial charge in [0, 0.05) is 23.3 Å². The predicted molar refractivity (Wildman–Crippen MR) is 114 cm³/mol. The number of aromatic nitrogens is 1. The molecular formula is C24H22F3N3O2. The summed E-state index contributed by atoms with van der Waals surface area (Å²) in [5.41, 5.74) is 2.17. The quantitative estimate of drug-likeness (QED) is 0.605. The number of nitrogens with zero attached hydrogens (tertiary/aromatic N) is 3. The molecule has 3 aromatic rings. The number of hydrogen-bond acceptors (Lipinski definition) is 5. The highest BCUT2D eigenvalue weighted by Crippen LogP contribution is 2.37. The summed E-state index contributed by atoms with van der Waals surface area (Å²) in [4.78, 5) is 6.79. The molecule has 1 aliphatic rings. The Morgan fingerprint density at radius 3 is 2.75 bits per heavy atom. The van der Waals surface area contributed by atoms with Gasteiger partial charge in [-0.3, -0.25) is 4.98 Å². The summed E-state index contributed by atoms with van der Waals surface area (Å²) in [6, 6.07) is 12.6. The van der Waals surface area contributed by atoms with E-state index in [1.54, 1.807) is 6.07 Å². The number of aryl methyl sites for hydroxylation is 1. The lowest BCUT2D eigenvalue weighted by atomic mass is 10.1. The van der Waals surface area contributed by atoms with Crippen molar-refractivity contribution < 1.29 is 23.0 Å². The van der Waals surface area contributed by atoms with Crippen LogP contribution in [0.2, 0.25) is 0 Å². The van der Waals surface area contributed by atoms with E-state index in [2.05, 4.69) is 9.88 Å². The molecule has 0 radical (unpaired) electrons. The predicted octanol–water partition coefficient (Wildman–Crippen LogP) is 4.97. The third-order valence-corrected chi connectivity index (χ3v) is 5.69. The fourth-order valence-electron chi connectivity index (χ4n) is 4.16. The summed E-state index contributed by atoms with van der Waals surface area (Å²) >= 11 is 0. The standard InChI is InChI=1S/C24H22F3N3O2/c1-15-9-22(30-8-2-3-18(30)13-31)19-6-4-17(11-21(19)29-15)14-32-23-7-5-16(12-28)10-20(23)24(25,26)27/h4-7,9-11,18,31H,2-3,8,13-14H2,1H3/t18-/m0/s1. The lowest BCUT2D eigenvalue weighted by molar-refractivity contribution is -0.139. The van der Waals surface area contributed by atoms with Crippen LogP contribution in [0.25, 0.3) is 10.9 Å². The van der Waals surface area contributed by atoms with Gasteiger partial charge in [0.05, 0.1) is 35.4 Å². The number of anilines is 1.